The average Bonchev–Trinajstić information content (AvgIpc) is 2.72. The second-order valence-corrected chi connectivity index (χ2v) is 5.81. The molecule has 0 radical (unpaired) electrons. The molecule has 0 N–H and O–H groups in total. The van der Waals surface area contributed by atoms with Gasteiger partial charge in [0.05, 0.1) is 37.7 Å². The zero-order valence-electron chi connectivity index (χ0n) is 15.2. The second-order valence-electron chi connectivity index (χ2n) is 5.54. The third-order valence-electron chi connectivity index (χ3n) is 3.62. The first-order valence-electron chi connectivity index (χ1n) is 7.84. The van der Waals surface area contributed by atoms with Gasteiger partial charge >= 0.3 is 23.3 Å². The molecule has 166 valence electrons. The Labute approximate surface area is 179 Å². The van der Waals surface area contributed by atoms with Crippen molar-refractivity contribution in [3.8, 4) is 11.5 Å². The zero-order valence-corrected chi connectivity index (χ0v) is 15.9. The summed E-state index contributed by atoms with van der Waals surface area (Å²) in [6.45, 7) is 0. The number of esters is 2. The number of halogens is 1. The molecule has 0 unspecified atom stereocenters. The lowest BCUT2D eigenvalue weighted by molar-refractivity contribution is -0.395. The third kappa shape index (κ3) is 5.05. The van der Waals surface area contributed by atoms with Gasteiger partial charge in [-0.2, -0.15) is 0 Å². The number of nitro benzene ring substituents is 4. The molecule has 16 nitrogen and oxygen atoms in total. The lowest BCUT2D eigenvalue weighted by atomic mass is 10.1. The lowest BCUT2D eigenvalue weighted by Crippen LogP contribution is -2.26. The van der Waals surface area contributed by atoms with Crippen LogP contribution in [0.5, 0.6) is 11.5 Å². The van der Waals surface area contributed by atoms with Crippen molar-refractivity contribution in [1.82, 2.24) is 0 Å². The Morgan fingerprint density at radius 2 is 1.22 bits per heavy atom. The number of nitro groups is 4. The highest BCUT2D eigenvalue weighted by Crippen LogP contribution is 2.36. The largest absolute Gasteiger partial charge is 0.423 e. The number of carbonyl (C=O) groups is 2. The fraction of sp³-hybridized carbons (Fsp3) is 0.0667. The SMILES string of the molecule is O=C(Oc1ccc([N+](=O)[O-])cc1[N+](=O)[O-])C(=O)Oc1cc(CCl)c([N+](=O)[O-])cc1[N+](=O)[O-]. The first kappa shape index (κ1) is 23.5. The van der Waals surface area contributed by atoms with Crippen LogP contribution in [-0.2, 0) is 15.5 Å². The Morgan fingerprint density at radius 3 is 1.69 bits per heavy atom. The zero-order chi connectivity index (χ0) is 24.2. The topological polar surface area (TPSA) is 225 Å². The molecular formula is C15H7ClN4O12. The van der Waals surface area contributed by atoms with E-state index in [0.29, 0.717) is 24.3 Å². The Bertz CT molecular complexity index is 1180. The predicted octanol–water partition coefficient (Wildman–Crippen LogP) is 2.57. The minimum atomic E-state index is -1.88. The molecule has 0 amide bonds. The number of hydrogen-bond donors (Lipinski definition) is 0. The van der Waals surface area contributed by atoms with Crippen LogP contribution in [0, 0.1) is 40.5 Å². The van der Waals surface area contributed by atoms with Gasteiger partial charge in [-0.25, -0.2) is 9.59 Å². The summed E-state index contributed by atoms with van der Waals surface area (Å²) in [4.78, 5) is 63.7. The summed E-state index contributed by atoms with van der Waals surface area (Å²) in [6, 6.07) is 3.08. The molecule has 0 aliphatic heterocycles. The van der Waals surface area contributed by atoms with E-state index in [0.717, 1.165) is 6.07 Å². The van der Waals surface area contributed by atoms with Crippen molar-refractivity contribution < 1.29 is 38.8 Å². The van der Waals surface area contributed by atoms with Crippen LogP contribution < -0.4 is 9.47 Å². The molecule has 0 heterocycles. The van der Waals surface area contributed by atoms with E-state index < -0.39 is 71.8 Å². The first-order valence-corrected chi connectivity index (χ1v) is 8.38. The van der Waals surface area contributed by atoms with Gasteiger partial charge in [0.2, 0.25) is 11.5 Å². The molecule has 0 aliphatic rings. The van der Waals surface area contributed by atoms with E-state index in [2.05, 4.69) is 9.47 Å². The standard InChI is InChI=1S/C15H7ClN4O12/c16-6-7-3-13(11(20(29)30)5-9(7)18(25)26)32-15(22)14(21)31-12-2-1-8(17(23)24)4-10(12)19(27)28/h1-5H,6H2. The minimum absolute atomic E-state index is 0.274. The summed E-state index contributed by atoms with van der Waals surface area (Å²) in [5.74, 6) is -5.98. The number of carbonyl (C=O) groups excluding carboxylic acids is 2. The van der Waals surface area contributed by atoms with Crippen LogP contribution in [0.2, 0.25) is 0 Å². The number of non-ortho nitro benzene ring substituents is 1. The Kier molecular flexibility index (Phi) is 6.91. The van der Waals surface area contributed by atoms with E-state index in [1.54, 1.807) is 0 Å². The van der Waals surface area contributed by atoms with E-state index in [1.807, 2.05) is 0 Å². The molecule has 0 saturated carbocycles. The summed E-state index contributed by atoms with van der Waals surface area (Å²) in [7, 11) is 0. The number of hydrogen-bond acceptors (Lipinski definition) is 12. The molecular weight excluding hydrogens is 464 g/mol. The monoisotopic (exact) mass is 470 g/mol. The molecule has 0 fully saturated rings. The first-order chi connectivity index (χ1) is 15.0. The van der Waals surface area contributed by atoms with Crippen LogP contribution >= 0.6 is 11.6 Å². The van der Waals surface area contributed by atoms with E-state index in [4.69, 9.17) is 11.6 Å². The van der Waals surface area contributed by atoms with Gasteiger partial charge in [0, 0.05) is 11.6 Å². The number of nitrogens with zero attached hydrogens (tertiary/aromatic N) is 4. The quantitative estimate of drug-likeness (QED) is 0.142. The highest BCUT2D eigenvalue weighted by Gasteiger charge is 2.31. The smallest absolute Gasteiger partial charge is 0.411 e. The molecule has 0 aromatic heterocycles. The highest BCUT2D eigenvalue weighted by molar-refractivity contribution is 6.31. The van der Waals surface area contributed by atoms with Gasteiger partial charge in [0.15, 0.2) is 0 Å². The summed E-state index contributed by atoms with van der Waals surface area (Å²) in [6.07, 6.45) is 0. The van der Waals surface area contributed by atoms with Crippen molar-refractivity contribution in [3.05, 3.63) is 76.4 Å². The van der Waals surface area contributed by atoms with Gasteiger partial charge < -0.3 is 9.47 Å². The fourth-order valence-corrected chi connectivity index (χ4v) is 2.45. The van der Waals surface area contributed by atoms with Crippen molar-refractivity contribution in [3.63, 3.8) is 0 Å². The highest BCUT2D eigenvalue weighted by atomic mass is 35.5. The summed E-state index contributed by atoms with van der Waals surface area (Å²) in [5.41, 5.74) is -3.78. The number of alkyl halides is 1. The molecule has 0 atom stereocenters. The van der Waals surface area contributed by atoms with Gasteiger partial charge in [-0.1, -0.05) is 0 Å². The molecule has 0 saturated heterocycles. The Balaban J connectivity index is 2.35. The van der Waals surface area contributed by atoms with Crippen LogP contribution in [0.1, 0.15) is 5.56 Å². The van der Waals surface area contributed by atoms with Gasteiger partial charge in [-0.3, -0.25) is 40.5 Å². The van der Waals surface area contributed by atoms with Crippen molar-refractivity contribution >= 4 is 46.3 Å². The maximum atomic E-state index is 12.0. The Hall–Kier alpha value is -4.73. The molecule has 32 heavy (non-hydrogen) atoms. The molecule has 2 aromatic rings. The van der Waals surface area contributed by atoms with Gasteiger partial charge in [0.1, 0.15) is 0 Å². The molecule has 0 bridgehead atoms. The summed E-state index contributed by atoms with van der Waals surface area (Å²) < 4.78 is 9.08. The molecule has 17 heteroatoms. The fourth-order valence-electron chi connectivity index (χ4n) is 2.23. The van der Waals surface area contributed by atoms with Crippen LogP contribution in [-0.4, -0.2) is 31.6 Å². The molecule has 2 rings (SSSR count). The van der Waals surface area contributed by atoms with E-state index in [-0.39, 0.29) is 5.56 Å². The predicted molar refractivity (Wildman–Crippen MR) is 100 cm³/mol. The van der Waals surface area contributed by atoms with Gasteiger partial charge in [0.25, 0.3) is 11.4 Å². The average molecular weight is 471 g/mol. The Morgan fingerprint density at radius 1 is 0.719 bits per heavy atom. The van der Waals surface area contributed by atoms with Crippen LogP contribution in [0.3, 0.4) is 0 Å². The van der Waals surface area contributed by atoms with Crippen molar-refractivity contribution in [1.29, 1.82) is 0 Å². The summed E-state index contributed by atoms with van der Waals surface area (Å²) >= 11 is 5.55. The number of rotatable bonds is 7. The van der Waals surface area contributed by atoms with Gasteiger partial charge in [-0.15, -0.1) is 11.6 Å². The molecule has 0 aliphatic carbocycles. The maximum Gasteiger partial charge on any atom is 0.423 e. The van der Waals surface area contributed by atoms with Crippen molar-refractivity contribution in [2.75, 3.05) is 0 Å². The van der Waals surface area contributed by atoms with Crippen LogP contribution in [0.15, 0.2) is 30.3 Å². The van der Waals surface area contributed by atoms with Gasteiger partial charge in [-0.05, 0) is 12.1 Å². The van der Waals surface area contributed by atoms with E-state index in [9.17, 15) is 50.0 Å². The number of ether oxygens (including phenoxy) is 2. The number of benzene rings is 2. The van der Waals surface area contributed by atoms with Crippen molar-refractivity contribution in [2.45, 2.75) is 5.88 Å². The molecule has 2 aromatic carbocycles. The maximum absolute atomic E-state index is 12.0. The lowest BCUT2D eigenvalue weighted by Gasteiger charge is -2.07. The van der Waals surface area contributed by atoms with Crippen LogP contribution in [0.25, 0.3) is 0 Å². The third-order valence-corrected chi connectivity index (χ3v) is 3.91. The molecule has 0 spiro atoms. The summed E-state index contributed by atoms with van der Waals surface area (Å²) in [5, 5.41) is 43.9. The second kappa shape index (κ2) is 9.39. The normalized spacial score (nSPS) is 10.2. The van der Waals surface area contributed by atoms with E-state index >= 15 is 0 Å². The van der Waals surface area contributed by atoms with E-state index in [1.165, 1.54) is 0 Å². The minimum Gasteiger partial charge on any atom is -0.411 e. The van der Waals surface area contributed by atoms with Crippen molar-refractivity contribution in [2.24, 2.45) is 0 Å². The van der Waals surface area contributed by atoms with Crippen LogP contribution in [0.4, 0.5) is 22.7 Å².